The number of hydrogen-bond donors (Lipinski definition) is 1. The van der Waals surface area contributed by atoms with Gasteiger partial charge in [0, 0.05) is 37.7 Å². The Morgan fingerprint density at radius 1 is 1.39 bits per heavy atom. The lowest BCUT2D eigenvalue weighted by Gasteiger charge is -2.40. The van der Waals surface area contributed by atoms with Crippen LogP contribution in [0.5, 0.6) is 0 Å². The van der Waals surface area contributed by atoms with Crippen LogP contribution >= 0.6 is 0 Å². The van der Waals surface area contributed by atoms with E-state index in [4.69, 9.17) is 0 Å². The van der Waals surface area contributed by atoms with Crippen LogP contribution in [0.1, 0.15) is 30.2 Å². The van der Waals surface area contributed by atoms with E-state index in [9.17, 15) is 4.79 Å². The fraction of sp³-hybridized carbons (Fsp3) is 0.562. The van der Waals surface area contributed by atoms with Gasteiger partial charge in [0.1, 0.15) is 12.4 Å². The molecule has 124 valence electrons. The van der Waals surface area contributed by atoms with Crippen LogP contribution in [0.3, 0.4) is 0 Å². The molecule has 0 spiro atoms. The predicted octanol–water partition coefficient (Wildman–Crippen LogP) is 1.13. The van der Waals surface area contributed by atoms with E-state index >= 15 is 0 Å². The van der Waals surface area contributed by atoms with Gasteiger partial charge in [0.15, 0.2) is 0 Å². The molecular formula is C16H24N6O. The largest absolute Gasteiger partial charge is 0.347 e. The van der Waals surface area contributed by atoms with Crippen LogP contribution in [0.15, 0.2) is 18.5 Å². The SMILES string of the molecule is CCN1CCN(C(=O)Cn2nc(C)cc2C)C[C@H]1c1ncc[nH]1. The van der Waals surface area contributed by atoms with Crippen molar-refractivity contribution >= 4 is 5.91 Å². The average molecular weight is 316 g/mol. The molecule has 2 aromatic rings. The molecule has 0 bridgehead atoms. The van der Waals surface area contributed by atoms with Crippen LogP contribution in [0, 0.1) is 13.8 Å². The molecule has 0 aromatic carbocycles. The molecule has 23 heavy (non-hydrogen) atoms. The number of likely N-dealkylation sites (N-methyl/N-ethyl adjacent to an activating group) is 1. The second kappa shape index (κ2) is 6.54. The lowest BCUT2D eigenvalue weighted by molar-refractivity contribution is -0.135. The molecular weight excluding hydrogens is 292 g/mol. The molecule has 0 saturated carbocycles. The average Bonchev–Trinajstić information content (AvgIpc) is 3.17. The smallest absolute Gasteiger partial charge is 0.244 e. The summed E-state index contributed by atoms with van der Waals surface area (Å²) in [6.45, 7) is 9.60. The molecule has 1 atom stereocenters. The highest BCUT2D eigenvalue weighted by Crippen LogP contribution is 2.22. The first kappa shape index (κ1) is 15.7. The molecule has 0 radical (unpaired) electrons. The Balaban J connectivity index is 1.70. The Labute approximate surface area is 136 Å². The van der Waals surface area contributed by atoms with E-state index in [-0.39, 0.29) is 11.9 Å². The number of carbonyl (C=O) groups excluding carboxylic acids is 1. The first-order valence-electron chi connectivity index (χ1n) is 8.10. The Kier molecular flexibility index (Phi) is 4.47. The van der Waals surface area contributed by atoms with Gasteiger partial charge >= 0.3 is 0 Å². The summed E-state index contributed by atoms with van der Waals surface area (Å²) in [6.07, 6.45) is 3.60. The normalized spacial score (nSPS) is 19.3. The van der Waals surface area contributed by atoms with Gasteiger partial charge in [0.05, 0.1) is 11.7 Å². The number of hydrogen-bond acceptors (Lipinski definition) is 4. The number of nitrogens with zero attached hydrogens (tertiary/aromatic N) is 5. The van der Waals surface area contributed by atoms with Crippen LogP contribution in [-0.2, 0) is 11.3 Å². The molecule has 1 aliphatic heterocycles. The van der Waals surface area contributed by atoms with Gasteiger partial charge in [0.2, 0.25) is 5.91 Å². The molecule has 1 amide bonds. The van der Waals surface area contributed by atoms with Crippen molar-refractivity contribution in [3.8, 4) is 0 Å². The number of piperazine rings is 1. The molecule has 3 rings (SSSR count). The van der Waals surface area contributed by atoms with Crippen molar-refractivity contribution in [2.24, 2.45) is 0 Å². The molecule has 1 N–H and O–H groups in total. The van der Waals surface area contributed by atoms with Gasteiger partial charge in [-0.3, -0.25) is 14.4 Å². The molecule has 1 saturated heterocycles. The number of aromatic nitrogens is 4. The third kappa shape index (κ3) is 3.29. The van der Waals surface area contributed by atoms with E-state index in [1.165, 1.54) is 0 Å². The Morgan fingerprint density at radius 3 is 2.83 bits per heavy atom. The summed E-state index contributed by atoms with van der Waals surface area (Å²) < 4.78 is 1.78. The fourth-order valence-corrected chi connectivity index (χ4v) is 3.21. The monoisotopic (exact) mass is 316 g/mol. The third-order valence-corrected chi connectivity index (χ3v) is 4.47. The highest BCUT2D eigenvalue weighted by Gasteiger charge is 2.31. The molecule has 1 aliphatic rings. The zero-order chi connectivity index (χ0) is 16.4. The zero-order valence-corrected chi connectivity index (χ0v) is 14.0. The molecule has 7 heteroatoms. The number of amides is 1. The standard InChI is InChI=1S/C16H24N6O/c1-4-20-7-8-21(10-14(20)16-17-5-6-18-16)15(23)11-22-13(3)9-12(2)19-22/h5-6,9,14H,4,7-8,10-11H2,1-3H3,(H,17,18)/t14-/m0/s1. The Morgan fingerprint density at radius 2 is 2.22 bits per heavy atom. The van der Waals surface area contributed by atoms with Crippen molar-refractivity contribution in [2.75, 3.05) is 26.2 Å². The molecule has 7 nitrogen and oxygen atoms in total. The van der Waals surface area contributed by atoms with Crippen LogP contribution in [0.4, 0.5) is 0 Å². The van der Waals surface area contributed by atoms with Crippen LogP contribution in [-0.4, -0.2) is 61.6 Å². The van der Waals surface area contributed by atoms with Crippen molar-refractivity contribution in [2.45, 2.75) is 33.4 Å². The van der Waals surface area contributed by atoms with E-state index in [1.54, 1.807) is 10.9 Å². The van der Waals surface area contributed by atoms with Gasteiger partial charge in [-0.1, -0.05) is 6.92 Å². The number of H-pyrrole nitrogens is 1. The van der Waals surface area contributed by atoms with Gasteiger partial charge in [-0.25, -0.2) is 4.98 Å². The van der Waals surface area contributed by atoms with Gasteiger partial charge in [-0.05, 0) is 26.5 Å². The summed E-state index contributed by atoms with van der Waals surface area (Å²) in [4.78, 5) is 24.5. The lowest BCUT2D eigenvalue weighted by Crippen LogP contribution is -2.51. The number of rotatable bonds is 4. The predicted molar refractivity (Wildman–Crippen MR) is 86.9 cm³/mol. The number of imidazole rings is 1. The van der Waals surface area contributed by atoms with Gasteiger partial charge < -0.3 is 9.88 Å². The van der Waals surface area contributed by atoms with Crippen LogP contribution in [0.25, 0.3) is 0 Å². The summed E-state index contributed by atoms with van der Waals surface area (Å²) in [5, 5.41) is 4.39. The van der Waals surface area contributed by atoms with Crippen molar-refractivity contribution in [1.29, 1.82) is 0 Å². The lowest BCUT2D eigenvalue weighted by atomic mass is 10.1. The van der Waals surface area contributed by atoms with E-state index in [1.807, 2.05) is 31.0 Å². The minimum Gasteiger partial charge on any atom is -0.347 e. The summed E-state index contributed by atoms with van der Waals surface area (Å²) in [6, 6.07) is 2.13. The Bertz CT molecular complexity index is 662. The quantitative estimate of drug-likeness (QED) is 0.918. The molecule has 3 heterocycles. The maximum atomic E-state index is 12.7. The highest BCUT2D eigenvalue weighted by atomic mass is 16.2. The van der Waals surface area contributed by atoms with Crippen LogP contribution in [0.2, 0.25) is 0 Å². The Hall–Kier alpha value is -2.15. The number of nitrogens with one attached hydrogen (secondary N) is 1. The summed E-state index contributed by atoms with van der Waals surface area (Å²) >= 11 is 0. The first-order valence-corrected chi connectivity index (χ1v) is 8.10. The van der Waals surface area contributed by atoms with Crippen molar-refractivity contribution < 1.29 is 4.79 Å². The van der Waals surface area contributed by atoms with Crippen molar-refractivity contribution in [3.05, 3.63) is 35.7 Å². The van der Waals surface area contributed by atoms with E-state index < -0.39 is 0 Å². The van der Waals surface area contributed by atoms with Gasteiger partial charge in [-0.15, -0.1) is 0 Å². The maximum Gasteiger partial charge on any atom is 0.244 e. The van der Waals surface area contributed by atoms with Gasteiger partial charge in [-0.2, -0.15) is 5.10 Å². The van der Waals surface area contributed by atoms with Crippen molar-refractivity contribution in [1.82, 2.24) is 29.5 Å². The molecule has 0 unspecified atom stereocenters. The second-order valence-corrected chi connectivity index (χ2v) is 6.04. The minimum atomic E-state index is 0.114. The van der Waals surface area contributed by atoms with E-state index in [0.717, 1.165) is 36.8 Å². The van der Waals surface area contributed by atoms with E-state index in [0.29, 0.717) is 13.1 Å². The summed E-state index contributed by atoms with van der Waals surface area (Å²) in [5.74, 6) is 1.04. The van der Waals surface area contributed by atoms with Gasteiger partial charge in [0.25, 0.3) is 0 Å². The highest BCUT2D eigenvalue weighted by molar-refractivity contribution is 5.76. The molecule has 0 aliphatic carbocycles. The first-order chi connectivity index (χ1) is 11.1. The number of aryl methyl sites for hydroxylation is 2. The minimum absolute atomic E-state index is 0.114. The maximum absolute atomic E-state index is 12.7. The number of aromatic amines is 1. The zero-order valence-electron chi connectivity index (χ0n) is 14.0. The second-order valence-electron chi connectivity index (χ2n) is 6.04. The third-order valence-electron chi connectivity index (χ3n) is 4.47. The fourth-order valence-electron chi connectivity index (χ4n) is 3.21. The molecule has 2 aromatic heterocycles. The summed E-state index contributed by atoms with van der Waals surface area (Å²) in [5.41, 5.74) is 1.96. The topological polar surface area (TPSA) is 70.1 Å². The number of carbonyl (C=O) groups is 1. The van der Waals surface area contributed by atoms with Crippen molar-refractivity contribution in [3.63, 3.8) is 0 Å². The summed E-state index contributed by atoms with van der Waals surface area (Å²) in [7, 11) is 0. The van der Waals surface area contributed by atoms with Crippen LogP contribution < -0.4 is 0 Å². The molecule has 1 fully saturated rings. The van der Waals surface area contributed by atoms with E-state index in [2.05, 4.69) is 26.9 Å².